The van der Waals surface area contributed by atoms with Crippen LogP contribution < -0.4 is 4.74 Å². The van der Waals surface area contributed by atoms with Crippen LogP contribution in [0.1, 0.15) is 12.5 Å². The molecular formula is C9H8BrO2. The molecule has 0 spiro atoms. The normalized spacial score (nSPS) is 9.58. The lowest BCUT2D eigenvalue weighted by Crippen LogP contribution is -2.01. The van der Waals surface area contributed by atoms with Crippen LogP contribution in [0.15, 0.2) is 22.7 Å². The van der Waals surface area contributed by atoms with Crippen molar-refractivity contribution in [2.24, 2.45) is 0 Å². The molecule has 63 valence electrons. The SMILES string of the molecule is [CH2]c1cc(Br)cc(OC(C)=O)c1. The topological polar surface area (TPSA) is 26.3 Å². The highest BCUT2D eigenvalue weighted by atomic mass is 79.9. The first-order chi connectivity index (χ1) is 5.58. The third kappa shape index (κ3) is 2.66. The van der Waals surface area contributed by atoms with Gasteiger partial charge in [-0.2, -0.15) is 0 Å². The van der Waals surface area contributed by atoms with Crippen LogP contribution >= 0.6 is 15.9 Å². The molecule has 0 N–H and O–H groups in total. The quantitative estimate of drug-likeness (QED) is 0.545. The summed E-state index contributed by atoms with van der Waals surface area (Å²) in [6.07, 6.45) is 0. The maximum atomic E-state index is 10.6. The van der Waals surface area contributed by atoms with Crippen molar-refractivity contribution in [3.63, 3.8) is 0 Å². The molecule has 1 rings (SSSR count). The van der Waals surface area contributed by atoms with Crippen LogP contribution in [0, 0.1) is 6.92 Å². The van der Waals surface area contributed by atoms with Gasteiger partial charge in [0.15, 0.2) is 0 Å². The van der Waals surface area contributed by atoms with Crippen LogP contribution in [-0.4, -0.2) is 5.97 Å². The molecule has 2 nitrogen and oxygen atoms in total. The monoisotopic (exact) mass is 227 g/mol. The predicted octanol–water partition coefficient (Wildman–Crippen LogP) is 2.56. The summed E-state index contributed by atoms with van der Waals surface area (Å²) in [5.74, 6) is 0.189. The zero-order valence-corrected chi connectivity index (χ0v) is 8.22. The van der Waals surface area contributed by atoms with Crippen molar-refractivity contribution in [1.29, 1.82) is 0 Å². The number of ether oxygens (including phenoxy) is 1. The number of hydrogen-bond donors (Lipinski definition) is 0. The third-order valence-electron chi connectivity index (χ3n) is 1.19. The van der Waals surface area contributed by atoms with E-state index in [0.717, 1.165) is 10.0 Å². The van der Waals surface area contributed by atoms with Gasteiger partial charge in [-0.15, -0.1) is 0 Å². The maximum absolute atomic E-state index is 10.6. The van der Waals surface area contributed by atoms with E-state index in [4.69, 9.17) is 4.74 Å². The summed E-state index contributed by atoms with van der Waals surface area (Å²) in [5.41, 5.74) is 0.806. The first kappa shape index (κ1) is 9.26. The Morgan fingerprint density at radius 2 is 2.17 bits per heavy atom. The summed E-state index contributed by atoms with van der Waals surface area (Å²) in [4.78, 5) is 10.6. The smallest absolute Gasteiger partial charge is 0.308 e. The number of halogens is 1. The fraction of sp³-hybridized carbons (Fsp3) is 0.111. The van der Waals surface area contributed by atoms with Crippen molar-refractivity contribution in [1.82, 2.24) is 0 Å². The molecule has 3 heteroatoms. The van der Waals surface area contributed by atoms with Gasteiger partial charge in [-0.1, -0.05) is 15.9 Å². The Hall–Kier alpha value is -0.830. The summed E-state index contributed by atoms with van der Waals surface area (Å²) in [5, 5.41) is 0. The van der Waals surface area contributed by atoms with E-state index in [-0.39, 0.29) is 5.97 Å². The summed E-state index contributed by atoms with van der Waals surface area (Å²) in [7, 11) is 0. The van der Waals surface area contributed by atoms with Gasteiger partial charge in [0.1, 0.15) is 5.75 Å². The van der Waals surface area contributed by atoms with Gasteiger partial charge in [0.2, 0.25) is 0 Å². The second kappa shape index (κ2) is 3.72. The van der Waals surface area contributed by atoms with E-state index in [1.165, 1.54) is 6.92 Å². The molecule has 0 aromatic heterocycles. The van der Waals surface area contributed by atoms with Crippen molar-refractivity contribution in [3.8, 4) is 5.75 Å². The zero-order valence-electron chi connectivity index (χ0n) is 6.63. The van der Waals surface area contributed by atoms with Crippen LogP contribution in [-0.2, 0) is 4.79 Å². The number of benzene rings is 1. The molecule has 0 heterocycles. The highest BCUT2D eigenvalue weighted by Gasteiger charge is 1.99. The van der Waals surface area contributed by atoms with Crippen molar-refractivity contribution in [3.05, 3.63) is 35.2 Å². The van der Waals surface area contributed by atoms with E-state index in [9.17, 15) is 4.79 Å². The van der Waals surface area contributed by atoms with Crippen molar-refractivity contribution < 1.29 is 9.53 Å². The summed E-state index contributed by atoms with van der Waals surface area (Å²) < 4.78 is 5.72. The molecule has 1 aromatic rings. The van der Waals surface area contributed by atoms with Crippen LogP contribution in [0.2, 0.25) is 0 Å². The first-order valence-corrected chi connectivity index (χ1v) is 4.18. The van der Waals surface area contributed by atoms with Gasteiger partial charge in [0, 0.05) is 11.4 Å². The Morgan fingerprint density at radius 1 is 1.50 bits per heavy atom. The third-order valence-corrected chi connectivity index (χ3v) is 1.65. The molecule has 0 saturated heterocycles. The molecule has 0 unspecified atom stereocenters. The maximum Gasteiger partial charge on any atom is 0.308 e. The minimum Gasteiger partial charge on any atom is -0.427 e. The van der Waals surface area contributed by atoms with Crippen LogP contribution in [0.4, 0.5) is 0 Å². The average Bonchev–Trinajstić information content (AvgIpc) is 1.81. The summed E-state index contributed by atoms with van der Waals surface area (Å²) in [6, 6.07) is 5.26. The van der Waals surface area contributed by atoms with Crippen molar-refractivity contribution in [2.45, 2.75) is 6.92 Å². The number of carbonyl (C=O) groups is 1. The molecule has 1 radical (unpaired) electrons. The van der Waals surface area contributed by atoms with Gasteiger partial charge in [-0.05, 0) is 30.7 Å². The van der Waals surface area contributed by atoms with E-state index >= 15 is 0 Å². The van der Waals surface area contributed by atoms with E-state index < -0.39 is 0 Å². The Kier molecular flexibility index (Phi) is 2.87. The molecule has 1 aromatic carbocycles. The molecule has 0 fully saturated rings. The average molecular weight is 228 g/mol. The van der Waals surface area contributed by atoms with Gasteiger partial charge in [0.05, 0.1) is 0 Å². The fourth-order valence-corrected chi connectivity index (χ4v) is 1.37. The standard InChI is InChI=1S/C9H8BrO2/c1-6-3-8(10)5-9(4-6)12-7(2)11/h3-5H,1H2,2H3. The van der Waals surface area contributed by atoms with Gasteiger partial charge in [0.25, 0.3) is 0 Å². The summed E-state index contributed by atoms with van der Waals surface area (Å²) in [6.45, 7) is 5.09. The Balaban J connectivity index is 2.93. The molecular weight excluding hydrogens is 220 g/mol. The lowest BCUT2D eigenvalue weighted by atomic mass is 10.2. The lowest BCUT2D eigenvalue weighted by Gasteiger charge is -2.02. The predicted molar refractivity (Wildman–Crippen MR) is 49.9 cm³/mol. The van der Waals surface area contributed by atoms with E-state index in [2.05, 4.69) is 22.9 Å². The molecule has 0 aliphatic heterocycles. The summed E-state index contributed by atoms with van der Waals surface area (Å²) >= 11 is 3.27. The molecule has 0 aliphatic rings. The Labute approximate surface area is 79.7 Å². The Morgan fingerprint density at radius 3 is 2.67 bits per heavy atom. The molecule has 0 saturated carbocycles. The molecule has 12 heavy (non-hydrogen) atoms. The number of rotatable bonds is 1. The second-order valence-electron chi connectivity index (χ2n) is 2.39. The van der Waals surface area contributed by atoms with E-state index in [0.29, 0.717) is 5.75 Å². The van der Waals surface area contributed by atoms with E-state index in [1.807, 2.05) is 6.07 Å². The number of hydrogen-bond acceptors (Lipinski definition) is 2. The lowest BCUT2D eigenvalue weighted by molar-refractivity contribution is -0.131. The fourth-order valence-electron chi connectivity index (χ4n) is 0.846. The highest BCUT2D eigenvalue weighted by Crippen LogP contribution is 2.20. The highest BCUT2D eigenvalue weighted by molar-refractivity contribution is 9.10. The van der Waals surface area contributed by atoms with Crippen LogP contribution in [0.5, 0.6) is 5.75 Å². The van der Waals surface area contributed by atoms with Gasteiger partial charge < -0.3 is 4.74 Å². The molecule has 0 atom stereocenters. The largest absolute Gasteiger partial charge is 0.427 e. The van der Waals surface area contributed by atoms with Gasteiger partial charge >= 0.3 is 5.97 Å². The van der Waals surface area contributed by atoms with Gasteiger partial charge in [-0.25, -0.2) is 0 Å². The zero-order chi connectivity index (χ0) is 9.14. The molecule has 0 amide bonds. The van der Waals surface area contributed by atoms with Crippen molar-refractivity contribution >= 4 is 21.9 Å². The van der Waals surface area contributed by atoms with Crippen molar-refractivity contribution in [2.75, 3.05) is 0 Å². The van der Waals surface area contributed by atoms with Crippen LogP contribution in [0.25, 0.3) is 0 Å². The Bertz CT molecular complexity index is 287. The minimum absolute atomic E-state index is 0.326. The first-order valence-electron chi connectivity index (χ1n) is 3.39. The number of esters is 1. The van der Waals surface area contributed by atoms with Gasteiger partial charge in [-0.3, -0.25) is 4.79 Å². The van der Waals surface area contributed by atoms with Crippen LogP contribution in [0.3, 0.4) is 0 Å². The molecule has 0 aliphatic carbocycles. The second-order valence-corrected chi connectivity index (χ2v) is 3.30. The van der Waals surface area contributed by atoms with E-state index in [1.54, 1.807) is 12.1 Å². The molecule has 0 bridgehead atoms. The number of carbonyl (C=O) groups excluding carboxylic acids is 1. The minimum atomic E-state index is -0.326.